The standard InChI is InChI=1S/C28H48O6S/c1-16(2)17(3)13-26(34-35(31,32)33)18(4)21-7-8-22-20-15-25(30)24-14-19(29)9-11-28(24,6)23(20)10-12-27(21,22)5/h16-24,26,29H,7-15H2,1-6H3,(H,31,32,33)/t17-,18-,19-,20-,21+,22-,23-,24+,26-,27+,28+/m0/s1. The second-order valence-electron chi connectivity index (χ2n) is 13.6. The van der Waals surface area contributed by atoms with Gasteiger partial charge in [0.05, 0.1) is 12.2 Å². The molecule has 11 atom stereocenters. The molecule has 0 saturated heterocycles. The number of aliphatic hydroxyl groups is 1. The van der Waals surface area contributed by atoms with E-state index in [2.05, 4.69) is 41.5 Å². The first-order chi connectivity index (χ1) is 16.2. The Morgan fingerprint density at radius 2 is 1.63 bits per heavy atom. The zero-order valence-electron chi connectivity index (χ0n) is 22.6. The fourth-order valence-corrected chi connectivity index (χ4v) is 9.89. The van der Waals surface area contributed by atoms with E-state index in [-0.39, 0.29) is 34.7 Å². The van der Waals surface area contributed by atoms with Crippen molar-refractivity contribution >= 4 is 16.2 Å². The molecule has 202 valence electrons. The second kappa shape index (κ2) is 9.67. The van der Waals surface area contributed by atoms with E-state index in [1.807, 2.05) is 0 Å². The van der Waals surface area contributed by atoms with Gasteiger partial charge in [0.2, 0.25) is 0 Å². The Balaban J connectivity index is 1.57. The van der Waals surface area contributed by atoms with Crippen LogP contribution in [0.4, 0.5) is 0 Å². The molecule has 7 heteroatoms. The van der Waals surface area contributed by atoms with E-state index in [1.54, 1.807) is 0 Å². The maximum Gasteiger partial charge on any atom is 0.397 e. The van der Waals surface area contributed by atoms with Crippen LogP contribution in [-0.2, 0) is 19.4 Å². The van der Waals surface area contributed by atoms with Gasteiger partial charge in [-0.15, -0.1) is 0 Å². The van der Waals surface area contributed by atoms with Crippen molar-refractivity contribution in [1.82, 2.24) is 0 Å². The Kier molecular flexibility index (Phi) is 7.60. The summed E-state index contributed by atoms with van der Waals surface area (Å²) in [6, 6.07) is 0. The van der Waals surface area contributed by atoms with Gasteiger partial charge in [0, 0.05) is 12.3 Å². The Bertz CT molecular complexity index is 901. The van der Waals surface area contributed by atoms with Crippen molar-refractivity contribution in [2.45, 2.75) is 112 Å². The molecule has 4 aliphatic rings. The Morgan fingerprint density at radius 3 is 2.26 bits per heavy atom. The number of hydrogen-bond acceptors (Lipinski definition) is 5. The van der Waals surface area contributed by atoms with Crippen molar-refractivity contribution in [3.8, 4) is 0 Å². The molecule has 0 aromatic rings. The van der Waals surface area contributed by atoms with Gasteiger partial charge in [-0.1, -0.05) is 41.5 Å². The number of Topliss-reactive ketones (excluding diaryl/α,β-unsaturated/α-hetero) is 1. The van der Waals surface area contributed by atoms with Crippen LogP contribution in [0.5, 0.6) is 0 Å². The molecule has 2 N–H and O–H groups in total. The lowest BCUT2D eigenvalue weighted by Crippen LogP contribution is -2.57. The minimum Gasteiger partial charge on any atom is -0.393 e. The van der Waals surface area contributed by atoms with Gasteiger partial charge in [-0.3, -0.25) is 9.35 Å². The van der Waals surface area contributed by atoms with Gasteiger partial charge in [0.25, 0.3) is 0 Å². The van der Waals surface area contributed by atoms with Crippen LogP contribution in [0.3, 0.4) is 0 Å². The number of carbonyl (C=O) groups is 1. The zero-order chi connectivity index (χ0) is 25.9. The fourth-order valence-electron chi connectivity index (χ4n) is 9.32. The normalized spacial score (nSPS) is 44.3. The highest BCUT2D eigenvalue weighted by molar-refractivity contribution is 7.80. The molecule has 0 aromatic carbocycles. The molecule has 0 unspecified atom stereocenters. The molecule has 0 bridgehead atoms. The van der Waals surface area contributed by atoms with E-state index < -0.39 is 16.5 Å². The van der Waals surface area contributed by atoms with Crippen molar-refractivity contribution in [2.24, 2.45) is 58.2 Å². The number of rotatable bonds is 7. The first kappa shape index (κ1) is 27.5. The van der Waals surface area contributed by atoms with Crippen molar-refractivity contribution in [3.05, 3.63) is 0 Å². The smallest absolute Gasteiger partial charge is 0.393 e. The highest BCUT2D eigenvalue weighted by Crippen LogP contribution is 2.68. The van der Waals surface area contributed by atoms with Crippen LogP contribution in [0, 0.1) is 58.2 Å². The van der Waals surface area contributed by atoms with Crippen LogP contribution in [0.15, 0.2) is 0 Å². The molecule has 0 aliphatic heterocycles. The first-order valence-corrected chi connectivity index (χ1v) is 15.4. The predicted octanol–water partition coefficient (Wildman–Crippen LogP) is 5.69. The highest BCUT2D eigenvalue weighted by atomic mass is 32.3. The predicted molar refractivity (Wildman–Crippen MR) is 136 cm³/mol. The molecule has 4 fully saturated rings. The number of carbonyl (C=O) groups excluding carboxylic acids is 1. The van der Waals surface area contributed by atoms with Crippen LogP contribution >= 0.6 is 0 Å². The van der Waals surface area contributed by atoms with Crippen LogP contribution < -0.4 is 0 Å². The van der Waals surface area contributed by atoms with E-state index in [0.717, 1.165) is 38.5 Å². The lowest BCUT2D eigenvalue weighted by Gasteiger charge is -2.60. The molecule has 6 nitrogen and oxygen atoms in total. The summed E-state index contributed by atoms with van der Waals surface area (Å²) in [7, 11) is -4.54. The van der Waals surface area contributed by atoms with Crippen LogP contribution in [0.2, 0.25) is 0 Å². The van der Waals surface area contributed by atoms with Crippen molar-refractivity contribution in [3.63, 3.8) is 0 Å². The average Bonchev–Trinajstić information content (AvgIpc) is 3.10. The highest BCUT2D eigenvalue weighted by Gasteiger charge is 2.63. The third-order valence-electron chi connectivity index (χ3n) is 11.7. The molecule has 0 heterocycles. The third kappa shape index (κ3) is 5.00. The molecule has 35 heavy (non-hydrogen) atoms. The second-order valence-corrected chi connectivity index (χ2v) is 14.7. The topological polar surface area (TPSA) is 101 Å². The molecule has 0 spiro atoms. The molecule has 4 saturated carbocycles. The van der Waals surface area contributed by atoms with Crippen LogP contribution in [0.1, 0.15) is 99.3 Å². The van der Waals surface area contributed by atoms with Gasteiger partial charge in [-0.2, -0.15) is 8.42 Å². The molecule has 0 aromatic heterocycles. The summed E-state index contributed by atoms with van der Waals surface area (Å²) in [6.07, 6.45) is 6.98. The minimum absolute atomic E-state index is 0.00181. The summed E-state index contributed by atoms with van der Waals surface area (Å²) >= 11 is 0. The van der Waals surface area contributed by atoms with Gasteiger partial charge in [0.15, 0.2) is 0 Å². The Hall–Kier alpha value is -0.500. The largest absolute Gasteiger partial charge is 0.397 e. The van der Waals surface area contributed by atoms with E-state index in [1.165, 1.54) is 0 Å². The molecule has 0 radical (unpaired) electrons. The van der Waals surface area contributed by atoms with Gasteiger partial charge < -0.3 is 5.11 Å². The fraction of sp³-hybridized carbons (Fsp3) is 0.964. The minimum atomic E-state index is -4.54. The van der Waals surface area contributed by atoms with Gasteiger partial charge >= 0.3 is 10.4 Å². The van der Waals surface area contributed by atoms with E-state index in [0.29, 0.717) is 54.6 Å². The summed E-state index contributed by atoms with van der Waals surface area (Å²) in [5.41, 5.74) is 0.0354. The summed E-state index contributed by atoms with van der Waals surface area (Å²) in [4.78, 5) is 13.4. The SMILES string of the molecule is CC(C)[C@@H](C)C[C@H](OS(=O)(=O)O)[C@@H](C)[C@H]1CC[C@H]2[C@@H]3CC(=O)[C@H]4C[C@@H](O)CC[C@]4(C)[C@H]3CC[C@]12C. The van der Waals surface area contributed by atoms with Crippen molar-refractivity contribution < 1.29 is 27.1 Å². The quantitative estimate of drug-likeness (QED) is 0.425. The molecule has 4 aliphatic carbocycles. The number of hydrogen-bond donors (Lipinski definition) is 2. The Labute approximate surface area is 212 Å². The van der Waals surface area contributed by atoms with E-state index in [9.17, 15) is 22.9 Å². The monoisotopic (exact) mass is 512 g/mol. The zero-order valence-corrected chi connectivity index (χ0v) is 23.4. The van der Waals surface area contributed by atoms with Crippen LogP contribution in [0.25, 0.3) is 0 Å². The van der Waals surface area contributed by atoms with Crippen molar-refractivity contribution in [2.75, 3.05) is 0 Å². The summed E-state index contributed by atoms with van der Waals surface area (Å²) in [5.74, 6) is 2.68. The molecule has 0 amide bonds. The van der Waals surface area contributed by atoms with E-state index in [4.69, 9.17) is 4.18 Å². The number of aliphatic hydroxyl groups excluding tert-OH is 1. The van der Waals surface area contributed by atoms with E-state index >= 15 is 0 Å². The molecule has 4 rings (SSSR count). The summed E-state index contributed by atoms with van der Waals surface area (Å²) in [6.45, 7) is 13.2. The van der Waals surface area contributed by atoms with Gasteiger partial charge in [-0.25, -0.2) is 4.18 Å². The van der Waals surface area contributed by atoms with Gasteiger partial charge in [-0.05, 0) is 104 Å². The summed E-state index contributed by atoms with van der Waals surface area (Å²) < 4.78 is 38.4. The lowest BCUT2D eigenvalue weighted by atomic mass is 9.44. The lowest BCUT2D eigenvalue weighted by molar-refractivity contribution is -0.160. The first-order valence-electron chi connectivity index (χ1n) is 14.0. The maximum atomic E-state index is 13.4. The Morgan fingerprint density at radius 1 is 1.00 bits per heavy atom. The molecular formula is C28H48O6S. The molecular weight excluding hydrogens is 464 g/mol. The average molecular weight is 513 g/mol. The summed E-state index contributed by atoms with van der Waals surface area (Å²) in [5, 5.41) is 10.3. The number of fused-ring (bicyclic) bond motifs is 5. The van der Waals surface area contributed by atoms with Crippen molar-refractivity contribution in [1.29, 1.82) is 0 Å². The number of ketones is 1. The van der Waals surface area contributed by atoms with Crippen LogP contribution in [-0.4, -0.2) is 36.1 Å². The maximum absolute atomic E-state index is 13.4. The third-order valence-corrected chi connectivity index (χ3v) is 12.2. The van der Waals surface area contributed by atoms with Gasteiger partial charge in [0.1, 0.15) is 5.78 Å².